The smallest absolute Gasteiger partial charge is 0.335 e. The highest BCUT2D eigenvalue weighted by Crippen LogP contribution is 2.27. The molecular formula is C14H15NO7. The number of aliphatic carboxylic acids is 1. The number of aliphatic hydroxyl groups excluding tert-OH is 3. The van der Waals surface area contributed by atoms with Gasteiger partial charge in [-0.25, -0.2) is 4.79 Å². The highest BCUT2D eigenvalue weighted by molar-refractivity contribution is 5.73. The molecular weight excluding hydrogens is 294 g/mol. The third-order valence-corrected chi connectivity index (χ3v) is 3.30. The summed E-state index contributed by atoms with van der Waals surface area (Å²) in [5.41, 5.74) is 0.480. The highest BCUT2D eigenvalue weighted by Gasteiger charge is 2.48. The lowest BCUT2D eigenvalue weighted by Gasteiger charge is -2.39. The first-order valence-electron chi connectivity index (χ1n) is 6.48. The first-order valence-corrected chi connectivity index (χ1v) is 6.48. The zero-order valence-electron chi connectivity index (χ0n) is 11.3. The minimum absolute atomic E-state index is 0.480. The molecule has 0 aromatic heterocycles. The van der Waals surface area contributed by atoms with Gasteiger partial charge in [-0.2, -0.15) is 5.26 Å². The van der Waals surface area contributed by atoms with E-state index in [2.05, 4.69) is 0 Å². The molecule has 0 radical (unpaired) electrons. The number of hydrogen-bond donors (Lipinski definition) is 4. The normalized spacial score (nSPS) is 32.9. The molecule has 8 nitrogen and oxygen atoms in total. The zero-order chi connectivity index (χ0) is 16.3. The number of nitrogens with zero attached hydrogens (tertiary/aromatic N) is 1. The Hall–Kier alpha value is -2.02. The van der Waals surface area contributed by atoms with E-state index < -0.39 is 42.8 Å². The van der Waals surface area contributed by atoms with Crippen molar-refractivity contribution in [1.29, 1.82) is 5.26 Å². The van der Waals surface area contributed by atoms with Crippen LogP contribution in [0.15, 0.2) is 30.3 Å². The molecule has 0 bridgehead atoms. The summed E-state index contributed by atoms with van der Waals surface area (Å²) in [5.74, 6) is -1.51. The zero-order valence-corrected chi connectivity index (χ0v) is 11.3. The number of carboxylic acid groups (broad SMARTS) is 1. The third-order valence-electron chi connectivity index (χ3n) is 3.30. The van der Waals surface area contributed by atoms with Crippen LogP contribution in [-0.2, 0) is 14.3 Å². The number of nitriles is 1. The Bertz CT molecular complexity index is 558. The van der Waals surface area contributed by atoms with Crippen molar-refractivity contribution < 1.29 is 34.7 Å². The fourth-order valence-electron chi connectivity index (χ4n) is 2.11. The maximum atomic E-state index is 11.0. The maximum Gasteiger partial charge on any atom is 0.335 e. The average molecular weight is 309 g/mol. The molecule has 1 unspecified atom stereocenters. The van der Waals surface area contributed by atoms with Gasteiger partial charge in [0, 0.05) is 0 Å². The summed E-state index contributed by atoms with van der Waals surface area (Å²) in [6, 6.07) is 10.2. The van der Waals surface area contributed by atoms with Crippen molar-refractivity contribution in [2.75, 3.05) is 0 Å². The molecule has 0 spiro atoms. The number of ether oxygens (including phenoxy) is 2. The van der Waals surface area contributed by atoms with Crippen LogP contribution in [-0.4, -0.2) is 57.1 Å². The fourth-order valence-corrected chi connectivity index (χ4v) is 2.11. The first-order chi connectivity index (χ1) is 10.5. The lowest BCUT2D eigenvalue weighted by molar-refractivity contribution is -0.300. The van der Waals surface area contributed by atoms with E-state index in [1.165, 1.54) is 0 Å². The second-order valence-electron chi connectivity index (χ2n) is 4.79. The summed E-state index contributed by atoms with van der Waals surface area (Å²) in [7, 11) is 0. The summed E-state index contributed by atoms with van der Waals surface area (Å²) < 4.78 is 10.2. The number of benzene rings is 1. The number of hydrogen-bond acceptors (Lipinski definition) is 7. The molecule has 1 aliphatic rings. The molecule has 0 aliphatic carbocycles. The molecule has 1 saturated heterocycles. The van der Waals surface area contributed by atoms with Gasteiger partial charge in [-0.3, -0.25) is 0 Å². The third kappa shape index (κ3) is 3.24. The Balaban J connectivity index is 2.16. The number of rotatable bonds is 4. The van der Waals surface area contributed by atoms with Gasteiger partial charge in [0.2, 0.25) is 0 Å². The fraction of sp³-hybridized carbons (Fsp3) is 0.429. The molecule has 1 aliphatic heterocycles. The van der Waals surface area contributed by atoms with Crippen LogP contribution in [0, 0.1) is 11.3 Å². The molecule has 2 rings (SSSR count). The van der Waals surface area contributed by atoms with Crippen molar-refractivity contribution in [3.63, 3.8) is 0 Å². The van der Waals surface area contributed by atoms with Crippen molar-refractivity contribution in [1.82, 2.24) is 0 Å². The molecule has 0 saturated carbocycles. The van der Waals surface area contributed by atoms with Gasteiger partial charge in [-0.05, 0) is 5.56 Å². The van der Waals surface area contributed by atoms with Crippen LogP contribution in [0.3, 0.4) is 0 Å². The Morgan fingerprint density at radius 3 is 2.36 bits per heavy atom. The van der Waals surface area contributed by atoms with Gasteiger partial charge in [-0.1, -0.05) is 30.3 Å². The largest absolute Gasteiger partial charge is 0.479 e. The van der Waals surface area contributed by atoms with Gasteiger partial charge in [0.25, 0.3) is 0 Å². The predicted octanol–water partition coefficient (Wildman–Crippen LogP) is -0.840. The molecule has 0 amide bonds. The second-order valence-corrected chi connectivity index (χ2v) is 4.79. The molecule has 4 N–H and O–H groups in total. The van der Waals surface area contributed by atoms with Gasteiger partial charge in [0.15, 0.2) is 18.5 Å². The summed E-state index contributed by atoms with van der Waals surface area (Å²) >= 11 is 0. The summed E-state index contributed by atoms with van der Waals surface area (Å²) in [6.07, 6.45) is -9.72. The number of carboxylic acids is 1. The SMILES string of the molecule is N#CC(O[C@@H]1O[C@H](C(=O)O)[C@@H](O)[C@H](O)[C@H]1O)c1ccccc1. The van der Waals surface area contributed by atoms with E-state index in [1.54, 1.807) is 30.3 Å². The van der Waals surface area contributed by atoms with Gasteiger partial charge in [-0.15, -0.1) is 0 Å². The second kappa shape index (κ2) is 6.83. The van der Waals surface area contributed by atoms with Crippen LogP contribution in [0.1, 0.15) is 11.7 Å². The number of carbonyl (C=O) groups is 1. The van der Waals surface area contributed by atoms with E-state index >= 15 is 0 Å². The maximum absolute atomic E-state index is 11.0. The minimum atomic E-state index is -1.80. The van der Waals surface area contributed by atoms with E-state index in [0.717, 1.165) is 0 Å². The Morgan fingerprint density at radius 1 is 1.18 bits per heavy atom. The Morgan fingerprint density at radius 2 is 1.82 bits per heavy atom. The summed E-state index contributed by atoms with van der Waals surface area (Å²) in [5, 5.41) is 47.2. The van der Waals surface area contributed by atoms with Gasteiger partial charge < -0.3 is 29.9 Å². The monoisotopic (exact) mass is 309 g/mol. The van der Waals surface area contributed by atoms with Crippen LogP contribution in [0.4, 0.5) is 0 Å². The van der Waals surface area contributed by atoms with Crippen LogP contribution < -0.4 is 0 Å². The molecule has 22 heavy (non-hydrogen) atoms. The van der Waals surface area contributed by atoms with Gasteiger partial charge in [0.1, 0.15) is 18.3 Å². The molecule has 8 heteroatoms. The van der Waals surface area contributed by atoms with E-state index in [4.69, 9.17) is 19.8 Å². The lowest BCUT2D eigenvalue weighted by Crippen LogP contribution is -2.60. The van der Waals surface area contributed by atoms with Crippen molar-refractivity contribution >= 4 is 5.97 Å². The quantitative estimate of drug-likeness (QED) is 0.564. The molecule has 1 heterocycles. The van der Waals surface area contributed by atoms with Crippen LogP contribution in [0.2, 0.25) is 0 Å². The van der Waals surface area contributed by atoms with Crippen molar-refractivity contribution in [2.24, 2.45) is 0 Å². The molecule has 1 aromatic carbocycles. The van der Waals surface area contributed by atoms with Crippen molar-refractivity contribution in [2.45, 2.75) is 36.8 Å². The van der Waals surface area contributed by atoms with Crippen LogP contribution in [0.5, 0.6) is 0 Å². The van der Waals surface area contributed by atoms with E-state index in [-0.39, 0.29) is 0 Å². The Labute approximate surface area is 125 Å². The van der Waals surface area contributed by atoms with Crippen molar-refractivity contribution in [3.8, 4) is 6.07 Å². The van der Waals surface area contributed by atoms with Crippen LogP contribution >= 0.6 is 0 Å². The Kier molecular flexibility index (Phi) is 5.07. The van der Waals surface area contributed by atoms with Crippen LogP contribution in [0.25, 0.3) is 0 Å². The lowest BCUT2D eigenvalue weighted by atomic mass is 9.99. The van der Waals surface area contributed by atoms with Crippen molar-refractivity contribution in [3.05, 3.63) is 35.9 Å². The minimum Gasteiger partial charge on any atom is -0.479 e. The topological polar surface area (TPSA) is 140 Å². The molecule has 1 aromatic rings. The standard InChI is InChI=1S/C14H15NO7/c15-6-8(7-4-2-1-3-5-7)21-14-11(18)9(16)10(17)12(22-14)13(19)20/h1-5,8-12,14,16-18H,(H,19,20)/t8?,9-,10-,11+,12-,14+/m0/s1. The van der Waals surface area contributed by atoms with Gasteiger partial charge in [0.05, 0.1) is 6.07 Å². The van der Waals surface area contributed by atoms with Gasteiger partial charge >= 0.3 is 5.97 Å². The van der Waals surface area contributed by atoms with E-state index in [0.29, 0.717) is 5.56 Å². The molecule has 6 atom stereocenters. The van der Waals surface area contributed by atoms with E-state index in [1.807, 2.05) is 6.07 Å². The van der Waals surface area contributed by atoms with E-state index in [9.17, 15) is 20.1 Å². The number of aliphatic hydroxyl groups is 3. The molecule has 118 valence electrons. The predicted molar refractivity (Wildman–Crippen MR) is 70.2 cm³/mol. The summed E-state index contributed by atoms with van der Waals surface area (Å²) in [4.78, 5) is 11.0. The highest BCUT2D eigenvalue weighted by atomic mass is 16.7. The first kappa shape index (κ1) is 16.4. The molecule has 1 fully saturated rings. The average Bonchev–Trinajstić information content (AvgIpc) is 2.52. The summed E-state index contributed by atoms with van der Waals surface area (Å²) in [6.45, 7) is 0.